The third-order valence-electron chi connectivity index (χ3n) is 2.31. The van der Waals surface area contributed by atoms with Gasteiger partial charge >= 0.3 is 0 Å². The molecule has 2 aromatic rings. The van der Waals surface area contributed by atoms with Crippen molar-refractivity contribution >= 4 is 32.1 Å². The Hall–Kier alpha value is -0.420. The van der Waals surface area contributed by atoms with Gasteiger partial charge < -0.3 is 9.84 Å². The lowest BCUT2D eigenvalue weighted by molar-refractivity contribution is 0.138. The molecule has 4 heteroatoms. The third-order valence-corrected chi connectivity index (χ3v) is 4.51. The quantitative estimate of drug-likeness (QED) is 0.814. The molecule has 1 N–H and O–H groups in total. The lowest BCUT2D eigenvalue weighted by Gasteiger charge is -2.06. The van der Waals surface area contributed by atoms with Crippen LogP contribution in [0.2, 0.25) is 0 Å². The number of aliphatic hydroxyl groups is 1. The molecule has 0 aromatic carbocycles. The number of thiophene rings is 2. The van der Waals surface area contributed by atoms with Gasteiger partial charge in [0, 0.05) is 28.0 Å². The highest BCUT2D eigenvalue weighted by Gasteiger charge is 2.11. The summed E-state index contributed by atoms with van der Waals surface area (Å²) >= 11 is 3.42. The van der Waals surface area contributed by atoms with Crippen molar-refractivity contribution < 1.29 is 9.84 Å². The first-order valence-electron chi connectivity index (χ1n) is 4.95. The minimum atomic E-state index is -0.329. The van der Waals surface area contributed by atoms with E-state index in [1.165, 1.54) is 9.40 Å². The van der Waals surface area contributed by atoms with Gasteiger partial charge in [0.2, 0.25) is 0 Å². The number of hydrogen-bond donors (Lipinski definition) is 1. The number of methoxy groups -OCH3 is 1. The van der Waals surface area contributed by atoms with Crippen molar-refractivity contribution in [3.05, 3.63) is 22.4 Å². The van der Waals surface area contributed by atoms with Crippen molar-refractivity contribution in [3.8, 4) is 0 Å². The Morgan fingerprint density at radius 2 is 2.33 bits per heavy atom. The molecule has 0 bridgehead atoms. The first-order chi connectivity index (χ1) is 7.31. The summed E-state index contributed by atoms with van der Waals surface area (Å²) in [4.78, 5) is 1.08. The summed E-state index contributed by atoms with van der Waals surface area (Å²) in [5.41, 5.74) is 0. The van der Waals surface area contributed by atoms with Gasteiger partial charge in [0.25, 0.3) is 0 Å². The summed E-state index contributed by atoms with van der Waals surface area (Å²) in [6.07, 6.45) is 1.36. The van der Waals surface area contributed by atoms with E-state index < -0.39 is 0 Å². The highest BCUT2D eigenvalue weighted by molar-refractivity contribution is 7.26. The molecule has 15 heavy (non-hydrogen) atoms. The Morgan fingerprint density at radius 3 is 3.07 bits per heavy atom. The van der Waals surface area contributed by atoms with Gasteiger partial charge in [-0.1, -0.05) is 0 Å². The van der Waals surface area contributed by atoms with Crippen LogP contribution in [0, 0.1) is 0 Å². The van der Waals surface area contributed by atoms with E-state index in [2.05, 4.69) is 17.5 Å². The molecular formula is C11H14O2S2. The van der Waals surface area contributed by atoms with Crippen molar-refractivity contribution in [1.82, 2.24) is 0 Å². The van der Waals surface area contributed by atoms with E-state index >= 15 is 0 Å². The van der Waals surface area contributed by atoms with Crippen molar-refractivity contribution in [3.63, 3.8) is 0 Å². The number of hydrogen-bond acceptors (Lipinski definition) is 4. The zero-order chi connectivity index (χ0) is 10.7. The number of rotatable bonds is 5. The van der Waals surface area contributed by atoms with Gasteiger partial charge in [-0.05, 0) is 30.4 Å². The van der Waals surface area contributed by atoms with Crippen LogP contribution in [0.1, 0.15) is 23.8 Å². The Balaban J connectivity index is 2.00. The molecule has 2 heterocycles. The Bertz CT molecular complexity index is 390. The van der Waals surface area contributed by atoms with Gasteiger partial charge in [-0.15, -0.1) is 22.7 Å². The second-order valence-electron chi connectivity index (χ2n) is 3.45. The topological polar surface area (TPSA) is 29.5 Å². The fraction of sp³-hybridized carbons (Fsp3) is 0.455. The average Bonchev–Trinajstić information content (AvgIpc) is 2.76. The first kappa shape index (κ1) is 11.1. The van der Waals surface area contributed by atoms with Crippen LogP contribution < -0.4 is 0 Å². The van der Waals surface area contributed by atoms with Crippen molar-refractivity contribution in [2.24, 2.45) is 0 Å². The highest BCUT2D eigenvalue weighted by Crippen LogP contribution is 2.34. The maximum atomic E-state index is 9.93. The molecule has 0 saturated heterocycles. The van der Waals surface area contributed by atoms with Gasteiger partial charge in [0.1, 0.15) is 0 Å². The van der Waals surface area contributed by atoms with E-state index in [9.17, 15) is 5.11 Å². The van der Waals surface area contributed by atoms with Crippen molar-refractivity contribution in [1.29, 1.82) is 0 Å². The van der Waals surface area contributed by atoms with E-state index in [1.54, 1.807) is 29.8 Å². The summed E-state index contributed by atoms with van der Waals surface area (Å²) in [7, 11) is 1.69. The van der Waals surface area contributed by atoms with Crippen LogP contribution in [0.4, 0.5) is 0 Å². The lowest BCUT2D eigenvalue weighted by atomic mass is 10.2. The van der Waals surface area contributed by atoms with E-state index in [0.29, 0.717) is 0 Å². The summed E-state index contributed by atoms with van der Waals surface area (Å²) in [5.74, 6) is 0. The van der Waals surface area contributed by atoms with E-state index in [-0.39, 0.29) is 6.10 Å². The molecule has 0 fully saturated rings. The molecule has 0 amide bonds. The van der Waals surface area contributed by atoms with Gasteiger partial charge in [-0.2, -0.15) is 0 Å². The minimum Gasteiger partial charge on any atom is -0.388 e. The standard InChI is InChI=1S/C11H14O2S2/c1-13-5-2-3-8(12)10-7-11-9(15-10)4-6-14-11/h4,6-8,12H,2-3,5H2,1H3. The van der Waals surface area contributed by atoms with Gasteiger partial charge in [0.05, 0.1) is 6.10 Å². The van der Waals surface area contributed by atoms with Gasteiger partial charge in [0.15, 0.2) is 0 Å². The van der Waals surface area contributed by atoms with Crippen LogP contribution in [0.25, 0.3) is 9.40 Å². The second-order valence-corrected chi connectivity index (χ2v) is 5.51. The van der Waals surface area contributed by atoms with Crippen LogP contribution in [0.5, 0.6) is 0 Å². The minimum absolute atomic E-state index is 0.329. The summed E-state index contributed by atoms with van der Waals surface area (Å²) < 4.78 is 7.52. The van der Waals surface area contributed by atoms with Crippen LogP contribution >= 0.6 is 22.7 Å². The van der Waals surface area contributed by atoms with Gasteiger partial charge in [-0.3, -0.25) is 0 Å². The first-order valence-corrected chi connectivity index (χ1v) is 6.65. The fourth-order valence-electron chi connectivity index (χ4n) is 1.51. The number of ether oxygens (including phenoxy) is 1. The molecule has 0 radical (unpaired) electrons. The molecular weight excluding hydrogens is 228 g/mol. The van der Waals surface area contributed by atoms with E-state index in [0.717, 1.165) is 24.3 Å². The molecule has 2 nitrogen and oxygen atoms in total. The van der Waals surface area contributed by atoms with Crippen LogP contribution in [0.15, 0.2) is 17.5 Å². The summed E-state index contributed by atoms with van der Waals surface area (Å²) in [6.45, 7) is 0.719. The number of fused-ring (bicyclic) bond motifs is 1. The van der Waals surface area contributed by atoms with Crippen LogP contribution in [-0.4, -0.2) is 18.8 Å². The zero-order valence-corrected chi connectivity index (χ0v) is 10.2. The lowest BCUT2D eigenvalue weighted by Crippen LogP contribution is -1.97. The van der Waals surface area contributed by atoms with Crippen LogP contribution in [-0.2, 0) is 4.74 Å². The molecule has 0 aliphatic carbocycles. The largest absolute Gasteiger partial charge is 0.388 e. The molecule has 0 aliphatic rings. The average molecular weight is 242 g/mol. The molecule has 0 aliphatic heterocycles. The molecule has 1 unspecified atom stereocenters. The monoisotopic (exact) mass is 242 g/mol. The van der Waals surface area contributed by atoms with Crippen molar-refractivity contribution in [2.45, 2.75) is 18.9 Å². The predicted molar refractivity (Wildman–Crippen MR) is 65.8 cm³/mol. The smallest absolute Gasteiger partial charge is 0.0883 e. The Labute approximate surface area is 97.1 Å². The third kappa shape index (κ3) is 2.58. The maximum Gasteiger partial charge on any atom is 0.0883 e. The SMILES string of the molecule is COCCCC(O)c1cc2sccc2s1. The fourth-order valence-corrected chi connectivity index (χ4v) is 3.65. The molecule has 2 rings (SSSR count). The number of aliphatic hydroxyl groups excluding tert-OH is 1. The van der Waals surface area contributed by atoms with Crippen LogP contribution in [0.3, 0.4) is 0 Å². The summed E-state index contributed by atoms with van der Waals surface area (Å²) in [5, 5.41) is 12.0. The second kappa shape index (κ2) is 5.07. The maximum absolute atomic E-state index is 9.93. The molecule has 82 valence electrons. The van der Waals surface area contributed by atoms with E-state index in [4.69, 9.17) is 4.74 Å². The van der Waals surface area contributed by atoms with Gasteiger partial charge in [-0.25, -0.2) is 0 Å². The summed E-state index contributed by atoms with van der Waals surface area (Å²) in [6, 6.07) is 4.21. The molecule has 1 atom stereocenters. The zero-order valence-electron chi connectivity index (χ0n) is 8.60. The Kier molecular flexibility index (Phi) is 3.75. The molecule has 0 saturated carbocycles. The Morgan fingerprint density at radius 1 is 1.47 bits per heavy atom. The molecule has 2 aromatic heterocycles. The molecule has 0 spiro atoms. The highest BCUT2D eigenvalue weighted by atomic mass is 32.1. The predicted octanol–water partition coefficient (Wildman–Crippen LogP) is 3.42. The van der Waals surface area contributed by atoms with E-state index in [1.807, 2.05) is 0 Å². The van der Waals surface area contributed by atoms with Crippen molar-refractivity contribution in [2.75, 3.05) is 13.7 Å². The normalized spacial score (nSPS) is 13.5.